The van der Waals surface area contributed by atoms with Crippen LogP contribution in [0.5, 0.6) is 11.5 Å². The number of sulfonamides is 1. The number of nitrogens with zero attached hydrogens (tertiary/aromatic N) is 8. The van der Waals surface area contributed by atoms with E-state index in [9.17, 15) is 48.4 Å². The van der Waals surface area contributed by atoms with Gasteiger partial charge in [0, 0.05) is 24.3 Å². The Morgan fingerprint density at radius 1 is 0.636 bits per heavy atom. The number of non-ortho nitro benzene ring substituents is 2. The molecule has 55 heavy (non-hydrogen) atoms. The largest absolute Gasteiger partial charge is 3.00 e. The maximum Gasteiger partial charge on any atom is 3.00 e. The topological polar surface area (TPSA) is 315 Å². The van der Waals surface area contributed by atoms with Crippen molar-refractivity contribution in [3.8, 4) is 22.9 Å². The van der Waals surface area contributed by atoms with Crippen LogP contribution in [0.4, 0.5) is 34.1 Å². The number of para-hydroxylation sites is 1. The average Bonchev–Trinajstić information content (AvgIpc) is 3.59. The Hall–Kier alpha value is -7.06. The first kappa shape index (κ1) is 40.7. The molecule has 6 aromatic rings. The van der Waals surface area contributed by atoms with Crippen LogP contribution in [0.2, 0.25) is 0 Å². The molecule has 0 aliphatic carbocycles. The minimum Gasteiger partial charge on any atom is -0.871 e. The third-order valence-electron chi connectivity index (χ3n) is 7.31. The number of azo groups is 2. The molecule has 0 aliphatic rings. The van der Waals surface area contributed by atoms with Crippen LogP contribution < -0.4 is 21.3 Å². The number of hydrogen-bond donors (Lipinski definition) is 2. The molecule has 0 atom stereocenters. The summed E-state index contributed by atoms with van der Waals surface area (Å²) in [5.41, 5.74) is -0.595. The Balaban J connectivity index is 0.000000243. The molecule has 6 rings (SSSR count). The van der Waals surface area contributed by atoms with Crippen LogP contribution in [0.1, 0.15) is 11.4 Å². The summed E-state index contributed by atoms with van der Waals surface area (Å²) in [5, 5.41) is 72.8. The molecule has 0 spiro atoms. The Bertz CT molecular complexity index is 2700. The number of aryl methyl sites for hydroxylation is 2. The predicted molar refractivity (Wildman–Crippen MR) is 187 cm³/mol. The number of aromatic amines is 2. The maximum atomic E-state index is 12.6. The molecule has 1 radical (unpaired) electrons. The third-order valence-corrected chi connectivity index (χ3v) is 8.18. The fraction of sp³-hybridized carbons (Fsp3) is 0.0625. The van der Waals surface area contributed by atoms with Gasteiger partial charge in [0.2, 0.25) is 0 Å². The summed E-state index contributed by atoms with van der Waals surface area (Å²) >= 11 is 0. The second-order valence-electron chi connectivity index (χ2n) is 11.0. The fourth-order valence-corrected chi connectivity index (χ4v) is 5.18. The van der Waals surface area contributed by atoms with Gasteiger partial charge in [0.15, 0.2) is 11.4 Å². The molecule has 2 aromatic heterocycles. The first-order valence-corrected chi connectivity index (χ1v) is 16.6. The van der Waals surface area contributed by atoms with Crippen LogP contribution in [0.25, 0.3) is 16.5 Å². The molecule has 2 heterocycles. The normalized spacial score (nSPS) is 11.3. The number of nitro benzene ring substituents is 2. The van der Waals surface area contributed by atoms with E-state index in [0.717, 1.165) is 41.1 Å². The van der Waals surface area contributed by atoms with Crippen LogP contribution in [0, 0.1) is 34.1 Å². The molecule has 0 fully saturated rings. The number of H-pyrrole nitrogens is 2. The molecule has 3 N–H and O–H groups in total. The number of nitrogens with one attached hydrogen (secondary N) is 3. The molecule has 0 unspecified atom stereocenters. The number of nitro groups is 2. The van der Waals surface area contributed by atoms with Gasteiger partial charge >= 0.3 is 17.4 Å². The number of hydrogen-bond acceptors (Lipinski definition) is 14. The van der Waals surface area contributed by atoms with Gasteiger partial charge in [-0.3, -0.25) is 40.0 Å². The monoisotopic (exact) mass is 806 g/mol. The molecule has 21 nitrogen and oxygen atoms in total. The summed E-state index contributed by atoms with van der Waals surface area (Å²) in [4.78, 5) is 44.7. The van der Waals surface area contributed by atoms with Gasteiger partial charge in [0.25, 0.3) is 22.5 Å². The fourth-order valence-electron chi connectivity index (χ4n) is 4.65. The quantitative estimate of drug-likeness (QED) is 0.105. The smallest absolute Gasteiger partial charge is 0.871 e. The Kier molecular flexibility index (Phi) is 12.4. The van der Waals surface area contributed by atoms with Crippen LogP contribution in [0.3, 0.4) is 0 Å². The van der Waals surface area contributed by atoms with Crippen molar-refractivity contribution in [3.05, 3.63) is 148 Å². The van der Waals surface area contributed by atoms with E-state index in [1.165, 1.54) is 35.9 Å². The van der Waals surface area contributed by atoms with E-state index < -0.39 is 48.2 Å². The summed E-state index contributed by atoms with van der Waals surface area (Å²) in [5.74, 6) is -1.38. The predicted octanol–water partition coefficient (Wildman–Crippen LogP) is 5.48. The third kappa shape index (κ3) is 9.31. The standard InChI is InChI=1S/C16H14N6O6S.C16H13N5O4.Cr/c1-9-15(19-18-13-6-5-11(22(25)26)8-14(13)23)16(24)21(20-9)10-3-2-4-12(7-10)29(17,27)28;1-10-15(16(23)20(19-10)11-5-3-2-4-6-11)18-17-13-8-7-12(21(24)25)9-14(13)22;/h2-8H,1H3,(H4,17,18,19,20,23,24,27,28);2-9,19,22H,1H3;/q;;+3/p-3. The van der Waals surface area contributed by atoms with E-state index in [4.69, 9.17) is 5.14 Å². The van der Waals surface area contributed by atoms with E-state index >= 15 is 0 Å². The summed E-state index contributed by atoms with van der Waals surface area (Å²) in [6, 6.07) is 20.3. The van der Waals surface area contributed by atoms with Crippen LogP contribution in [-0.4, -0.2) is 37.8 Å². The maximum absolute atomic E-state index is 12.6. The van der Waals surface area contributed by atoms with Crippen molar-refractivity contribution in [1.29, 1.82) is 0 Å². The van der Waals surface area contributed by atoms with Gasteiger partial charge in [0.1, 0.15) is 0 Å². The first-order valence-electron chi connectivity index (χ1n) is 15.1. The first-order chi connectivity index (χ1) is 25.5. The van der Waals surface area contributed by atoms with E-state index in [2.05, 4.69) is 30.7 Å². The zero-order chi connectivity index (χ0) is 39.3. The van der Waals surface area contributed by atoms with Gasteiger partial charge < -0.3 is 15.4 Å². The summed E-state index contributed by atoms with van der Waals surface area (Å²) in [6.45, 7) is 3.18. The summed E-state index contributed by atoms with van der Waals surface area (Å²) < 4.78 is 25.1. The van der Waals surface area contributed by atoms with Gasteiger partial charge in [-0.1, -0.05) is 35.8 Å². The van der Waals surface area contributed by atoms with Crippen LogP contribution in [0.15, 0.2) is 126 Å². The molecule has 0 saturated heterocycles. The van der Waals surface area contributed by atoms with Crippen molar-refractivity contribution >= 4 is 44.1 Å². The second kappa shape index (κ2) is 16.7. The molecular formula is C32H24CrN11O10S. The molecule has 0 bridgehead atoms. The van der Waals surface area contributed by atoms with Crippen molar-refractivity contribution in [2.45, 2.75) is 18.7 Å². The molecule has 23 heteroatoms. The van der Waals surface area contributed by atoms with Gasteiger partial charge in [-0.15, -0.1) is 10.2 Å². The van der Waals surface area contributed by atoms with E-state index in [-0.39, 0.29) is 62.1 Å². The SMILES string of the molecule is Cc1[nH]n(-c2cccc(S([NH-])(=O)=O)c2)c(=O)c1N=Nc1ccc([N+](=O)[O-])cc1[O-].Cc1[nH]n(-c2ccccc2)c(=O)c1N=Nc1ccc([N+](=O)[O-])cc1[O-].[Cr+3]. The van der Waals surface area contributed by atoms with E-state index in [1.54, 1.807) is 31.2 Å². The molecule has 4 aromatic carbocycles. The Labute approximate surface area is 319 Å². The van der Waals surface area contributed by atoms with Gasteiger partial charge in [-0.05, 0) is 56.3 Å². The minimum absolute atomic E-state index is 0. The Morgan fingerprint density at radius 2 is 1.07 bits per heavy atom. The van der Waals surface area contributed by atoms with Gasteiger partial charge in [-0.2, -0.15) is 10.2 Å². The average molecular weight is 807 g/mol. The number of rotatable bonds is 9. The molecule has 279 valence electrons. The summed E-state index contributed by atoms with van der Waals surface area (Å²) in [7, 11) is -4.21. The summed E-state index contributed by atoms with van der Waals surface area (Å²) in [6.07, 6.45) is 0. The minimum atomic E-state index is -4.21. The van der Waals surface area contributed by atoms with Crippen molar-refractivity contribution in [3.63, 3.8) is 0 Å². The zero-order valence-corrected chi connectivity index (χ0v) is 30.2. The van der Waals surface area contributed by atoms with Crippen molar-refractivity contribution in [2.75, 3.05) is 0 Å². The van der Waals surface area contributed by atoms with E-state index in [1.807, 2.05) is 6.07 Å². The second-order valence-corrected chi connectivity index (χ2v) is 12.5. The van der Waals surface area contributed by atoms with Gasteiger partial charge in [0.05, 0.1) is 58.9 Å². The molecular weight excluding hydrogens is 782 g/mol. The van der Waals surface area contributed by atoms with E-state index in [0.29, 0.717) is 11.4 Å². The van der Waals surface area contributed by atoms with Crippen LogP contribution >= 0.6 is 0 Å². The van der Waals surface area contributed by atoms with Crippen molar-refractivity contribution in [1.82, 2.24) is 19.6 Å². The molecule has 0 aliphatic heterocycles. The zero-order valence-electron chi connectivity index (χ0n) is 28.1. The van der Waals surface area contributed by atoms with Crippen molar-refractivity contribution in [2.24, 2.45) is 20.5 Å². The van der Waals surface area contributed by atoms with Crippen molar-refractivity contribution < 1.29 is 45.8 Å². The number of aromatic nitrogens is 4. The molecule has 0 saturated carbocycles. The van der Waals surface area contributed by atoms with Gasteiger partial charge in [-0.25, -0.2) is 17.8 Å². The molecule has 0 amide bonds. The van der Waals surface area contributed by atoms with Crippen LogP contribution in [-0.2, 0) is 27.4 Å². The number of benzene rings is 4. The Morgan fingerprint density at radius 3 is 1.49 bits per heavy atom.